The summed E-state index contributed by atoms with van der Waals surface area (Å²) in [6, 6.07) is 1.77. The van der Waals surface area contributed by atoms with Gasteiger partial charge in [-0.25, -0.2) is 13.2 Å². The molecule has 0 bridgehead atoms. The predicted octanol–water partition coefficient (Wildman–Crippen LogP) is 0.939. The van der Waals surface area contributed by atoms with Crippen molar-refractivity contribution in [3.05, 3.63) is 35.1 Å². The van der Waals surface area contributed by atoms with E-state index in [1.807, 2.05) is 0 Å². The molecule has 6 heteroatoms. The molecule has 0 aliphatic heterocycles. The highest BCUT2D eigenvalue weighted by Gasteiger charge is 2.10. The minimum atomic E-state index is -1.49. The molecule has 0 heterocycles. The zero-order chi connectivity index (χ0) is 12.1. The predicted molar refractivity (Wildman–Crippen MR) is 52.1 cm³/mol. The molecule has 3 nitrogen and oxygen atoms in total. The Kier molecular flexibility index (Phi) is 4.30. The fraction of sp³-hybridized carbons (Fsp3) is 0.300. The molecule has 1 aromatic rings. The first kappa shape index (κ1) is 12.5. The van der Waals surface area contributed by atoms with Gasteiger partial charge in [-0.2, -0.15) is 0 Å². The molecule has 0 fully saturated rings. The van der Waals surface area contributed by atoms with Crippen molar-refractivity contribution in [3.63, 3.8) is 0 Å². The fourth-order valence-electron chi connectivity index (χ4n) is 1.12. The van der Waals surface area contributed by atoms with Crippen molar-refractivity contribution in [2.24, 2.45) is 0 Å². The number of nitrogens with one attached hydrogen (secondary N) is 2. The summed E-state index contributed by atoms with van der Waals surface area (Å²) < 4.78 is 38.1. The van der Waals surface area contributed by atoms with Gasteiger partial charge in [0.15, 0.2) is 17.5 Å². The molecule has 0 unspecified atom stereocenters. The Bertz CT molecular complexity index is 373. The van der Waals surface area contributed by atoms with Gasteiger partial charge < -0.3 is 10.6 Å². The van der Waals surface area contributed by atoms with E-state index in [4.69, 9.17) is 0 Å². The number of carbonyl (C=O) groups excluding carboxylic acids is 1. The van der Waals surface area contributed by atoms with E-state index in [1.54, 1.807) is 0 Å². The van der Waals surface area contributed by atoms with Crippen LogP contribution in [0.15, 0.2) is 12.1 Å². The topological polar surface area (TPSA) is 41.1 Å². The van der Waals surface area contributed by atoms with Crippen molar-refractivity contribution >= 4 is 5.91 Å². The second-order valence-electron chi connectivity index (χ2n) is 3.15. The van der Waals surface area contributed by atoms with Gasteiger partial charge in [0.2, 0.25) is 5.91 Å². The molecule has 0 atom stereocenters. The fourth-order valence-corrected chi connectivity index (χ4v) is 1.12. The Morgan fingerprint density at radius 2 is 1.81 bits per heavy atom. The molecule has 0 radical (unpaired) electrons. The molecule has 0 aliphatic carbocycles. The highest BCUT2D eigenvalue weighted by Crippen LogP contribution is 2.13. The highest BCUT2D eigenvalue weighted by atomic mass is 19.2. The van der Waals surface area contributed by atoms with Gasteiger partial charge in [-0.1, -0.05) is 0 Å². The summed E-state index contributed by atoms with van der Waals surface area (Å²) in [4.78, 5) is 10.8. The van der Waals surface area contributed by atoms with Crippen molar-refractivity contribution in [1.82, 2.24) is 10.6 Å². The van der Waals surface area contributed by atoms with Gasteiger partial charge in [0.25, 0.3) is 0 Å². The van der Waals surface area contributed by atoms with E-state index in [-0.39, 0.29) is 24.6 Å². The number of benzene rings is 1. The highest BCUT2D eigenvalue weighted by molar-refractivity contribution is 5.77. The Balaban J connectivity index is 2.58. The van der Waals surface area contributed by atoms with Crippen LogP contribution < -0.4 is 10.6 Å². The lowest BCUT2D eigenvalue weighted by Gasteiger charge is -2.05. The van der Waals surface area contributed by atoms with Crippen molar-refractivity contribution in [3.8, 4) is 0 Å². The van der Waals surface area contributed by atoms with Gasteiger partial charge in [0.05, 0.1) is 6.54 Å². The molecule has 1 amide bonds. The molecule has 0 aromatic heterocycles. The van der Waals surface area contributed by atoms with E-state index in [0.29, 0.717) is 0 Å². The molecular weight excluding hydrogens is 221 g/mol. The van der Waals surface area contributed by atoms with E-state index >= 15 is 0 Å². The lowest BCUT2D eigenvalue weighted by molar-refractivity contribution is -0.119. The van der Waals surface area contributed by atoms with Gasteiger partial charge in [-0.3, -0.25) is 4.79 Å². The maximum Gasteiger partial charge on any atom is 0.233 e. The van der Waals surface area contributed by atoms with Crippen LogP contribution in [0.5, 0.6) is 0 Å². The van der Waals surface area contributed by atoms with E-state index in [2.05, 4.69) is 10.6 Å². The summed E-state index contributed by atoms with van der Waals surface area (Å²) in [5.41, 5.74) is 0.236. The zero-order valence-electron chi connectivity index (χ0n) is 8.61. The van der Waals surface area contributed by atoms with Crippen LogP contribution in [0.25, 0.3) is 0 Å². The van der Waals surface area contributed by atoms with Gasteiger partial charge in [-0.15, -0.1) is 0 Å². The van der Waals surface area contributed by atoms with Crippen molar-refractivity contribution in [2.45, 2.75) is 6.54 Å². The second-order valence-corrected chi connectivity index (χ2v) is 3.15. The summed E-state index contributed by atoms with van der Waals surface area (Å²) in [6.07, 6.45) is 0. The average molecular weight is 232 g/mol. The van der Waals surface area contributed by atoms with Crippen LogP contribution in [0.2, 0.25) is 0 Å². The largest absolute Gasteiger partial charge is 0.358 e. The molecule has 2 N–H and O–H groups in total. The Morgan fingerprint density at radius 1 is 1.25 bits per heavy atom. The molecule has 16 heavy (non-hydrogen) atoms. The van der Waals surface area contributed by atoms with Crippen LogP contribution in [0, 0.1) is 17.5 Å². The minimum Gasteiger partial charge on any atom is -0.358 e. The van der Waals surface area contributed by atoms with E-state index in [9.17, 15) is 18.0 Å². The normalized spacial score (nSPS) is 10.2. The molecule has 88 valence electrons. The van der Waals surface area contributed by atoms with E-state index in [1.165, 1.54) is 7.05 Å². The van der Waals surface area contributed by atoms with Crippen molar-refractivity contribution in [2.75, 3.05) is 13.6 Å². The molecule has 0 aliphatic rings. The number of hydrogen-bond acceptors (Lipinski definition) is 2. The van der Waals surface area contributed by atoms with Gasteiger partial charge in [0, 0.05) is 13.6 Å². The smallest absolute Gasteiger partial charge is 0.233 e. The molecule has 0 spiro atoms. The van der Waals surface area contributed by atoms with Crippen molar-refractivity contribution < 1.29 is 18.0 Å². The Morgan fingerprint density at radius 3 is 2.31 bits per heavy atom. The van der Waals surface area contributed by atoms with Crippen LogP contribution in [-0.2, 0) is 11.3 Å². The SMILES string of the molecule is CNC(=O)CNCc1cc(F)c(F)c(F)c1. The van der Waals surface area contributed by atoms with Crippen LogP contribution in [-0.4, -0.2) is 19.5 Å². The number of halogens is 3. The van der Waals surface area contributed by atoms with Crippen molar-refractivity contribution in [1.29, 1.82) is 0 Å². The Hall–Kier alpha value is -1.56. The molecule has 1 aromatic carbocycles. The lowest BCUT2D eigenvalue weighted by Crippen LogP contribution is -2.31. The summed E-state index contributed by atoms with van der Waals surface area (Å²) in [6.45, 7) is 0.110. The average Bonchev–Trinajstić information content (AvgIpc) is 2.25. The molecule has 0 saturated heterocycles. The summed E-state index contributed by atoms with van der Waals surface area (Å²) in [7, 11) is 1.47. The zero-order valence-corrected chi connectivity index (χ0v) is 8.61. The Labute approximate surface area is 90.6 Å². The molecular formula is C10H11F3N2O. The lowest BCUT2D eigenvalue weighted by atomic mass is 10.2. The van der Waals surface area contributed by atoms with Gasteiger partial charge in [0.1, 0.15) is 0 Å². The quantitative estimate of drug-likeness (QED) is 0.758. The maximum absolute atomic E-state index is 12.8. The molecule has 0 saturated carbocycles. The third-order valence-electron chi connectivity index (χ3n) is 1.94. The third-order valence-corrected chi connectivity index (χ3v) is 1.94. The number of hydrogen-bond donors (Lipinski definition) is 2. The van der Waals surface area contributed by atoms with Crippen LogP contribution in [0.3, 0.4) is 0 Å². The minimum absolute atomic E-state index is 0.0249. The number of rotatable bonds is 4. The molecule has 1 rings (SSSR count). The van der Waals surface area contributed by atoms with Gasteiger partial charge in [-0.05, 0) is 17.7 Å². The van der Waals surface area contributed by atoms with E-state index in [0.717, 1.165) is 12.1 Å². The third kappa shape index (κ3) is 3.23. The number of likely N-dealkylation sites (N-methyl/N-ethyl adjacent to an activating group) is 1. The maximum atomic E-state index is 12.8. The van der Waals surface area contributed by atoms with Crippen LogP contribution >= 0.6 is 0 Å². The standard InChI is InChI=1S/C10H11F3N2O/c1-14-9(16)5-15-4-6-2-7(11)10(13)8(12)3-6/h2-3,15H,4-5H2,1H3,(H,14,16). The summed E-state index contributed by atoms with van der Waals surface area (Å²) >= 11 is 0. The van der Waals surface area contributed by atoms with Crippen LogP contribution in [0.1, 0.15) is 5.56 Å². The number of amides is 1. The number of carbonyl (C=O) groups is 1. The van der Waals surface area contributed by atoms with Crippen LogP contribution in [0.4, 0.5) is 13.2 Å². The summed E-state index contributed by atoms with van der Waals surface area (Å²) in [5.74, 6) is -4.22. The first-order chi connectivity index (χ1) is 7.54. The van der Waals surface area contributed by atoms with Gasteiger partial charge >= 0.3 is 0 Å². The first-order valence-corrected chi connectivity index (χ1v) is 4.59. The monoisotopic (exact) mass is 232 g/mol. The van der Waals surface area contributed by atoms with E-state index < -0.39 is 17.5 Å². The summed E-state index contributed by atoms with van der Waals surface area (Å²) in [5, 5.41) is 5.03. The second kappa shape index (κ2) is 5.50. The first-order valence-electron chi connectivity index (χ1n) is 4.59.